The summed E-state index contributed by atoms with van der Waals surface area (Å²) in [6.07, 6.45) is 1.11. The predicted molar refractivity (Wildman–Crippen MR) is 104 cm³/mol. The summed E-state index contributed by atoms with van der Waals surface area (Å²) in [6.45, 7) is 0. The summed E-state index contributed by atoms with van der Waals surface area (Å²) >= 11 is 0. The highest BCUT2D eigenvalue weighted by Crippen LogP contribution is 2.32. The summed E-state index contributed by atoms with van der Waals surface area (Å²) in [6, 6.07) is 33.3. The number of pyridine rings is 1. The first-order valence-corrected chi connectivity index (χ1v) is 8.88. The van der Waals surface area contributed by atoms with Crippen LogP contribution in [0.15, 0.2) is 97.2 Å². The Morgan fingerprint density at radius 3 is 1.60 bits per heavy atom. The van der Waals surface area contributed by atoms with Gasteiger partial charge in [0.1, 0.15) is 6.20 Å². The Kier molecular flexibility index (Phi) is 2.37. The van der Waals surface area contributed by atoms with Gasteiger partial charge in [0, 0.05) is 11.6 Å². The maximum absolute atomic E-state index is 2.52. The number of benzene rings is 3. The number of rotatable bonds is 0. The minimum Gasteiger partial charge on any atom is -0.408 e. The van der Waals surface area contributed by atoms with Crippen LogP contribution in [0.3, 0.4) is 0 Å². The zero-order valence-corrected chi connectivity index (χ0v) is 13.8. The van der Waals surface area contributed by atoms with Gasteiger partial charge in [-0.05, 0) is 17.2 Å². The van der Waals surface area contributed by atoms with Gasteiger partial charge in [0.25, 0.3) is 0 Å². The summed E-state index contributed by atoms with van der Waals surface area (Å²) < 4.78 is 2.52. The fraction of sp³-hybridized carbons (Fsp3) is 0. The van der Waals surface area contributed by atoms with Crippen molar-refractivity contribution in [3.05, 3.63) is 97.2 Å². The molecule has 1 aromatic heterocycles. The van der Waals surface area contributed by atoms with Crippen molar-refractivity contribution in [3.63, 3.8) is 0 Å². The smallest absolute Gasteiger partial charge is 0.362 e. The molecule has 0 radical (unpaired) electrons. The molecule has 0 N–H and O–H groups in total. The first-order chi connectivity index (χ1) is 12.4. The molecule has 3 heterocycles. The van der Waals surface area contributed by atoms with Gasteiger partial charge in [-0.15, -0.1) is 16.4 Å². The fourth-order valence-corrected chi connectivity index (χ4v) is 5.28. The Hall–Kier alpha value is -3.13. The minimum absolute atomic E-state index is 1.15. The van der Waals surface area contributed by atoms with Gasteiger partial charge in [0.2, 0.25) is 0 Å². The van der Waals surface area contributed by atoms with Crippen LogP contribution in [0.4, 0.5) is 0 Å². The molecule has 1 spiro atoms. The van der Waals surface area contributed by atoms with E-state index in [9.17, 15) is 0 Å². The summed E-state index contributed by atoms with van der Waals surface area (Å²) in [5.74, 6) is 0. The van der Waals surface area contributed by atoms with Crippen LogP contribution < -0.4 is 20.9 Å². The maximum Gasteiger partial charge on any atom is 0.362 e. The summed E-state index contributed by atoms with van der Waals surface area (Å²) in [4.78, 5) is 0. The van der Waals surface area contributed by atoms with Crippen LogP contribution in [0.2, 0.25) is 0 Å². The van der Waals surface area contributed by atoms with Gasteiger partial charge in [-0.3, -0.25) is 0 Å². The van der Waals surface area contributed by atoms with E-state index in [1.165, 1.54) is 38.8 Å². The van der Waals surface area contributed by atoms with Crippen molar-refractivity contribution in [2.75, 3.05) is 0 Å². The van der Waals surface area contributed by atoms with Gasteiger partial charge < -0.3 is 4.48 Å². The lowest BCUT2D eigenvalue weighted by Crippen LogP contribution is -2.81. The SMILES string of the molecule is c1ccc2c(c1)-c1ccccc1[B-]21c2ccccc2-c2cccc[n+]21. The highest BCUT2D eigenvalue weighted by molar-refractivity contribution is 7.09. The first kappa shape index (κ1) is 13.2. The largest absolute Gasteiger partial charge is 0.408 e. The number of hydrogen-bond donors (Lipinski definition) is 0. The van der Waals surface area contributed by atoms with Crippen LogP contribution in [0.1, 0.15) is 0 Å². The monoisotopic (exact) mass is 317 g/mol. The Balaban J connectivity index is 1.89. The average Bonchev–Trinajstić information content (AvgIpc) is 3.16. The van der Waals surface area contributed by atoms with Gasteiger partial charge >= 0.3 is 6.28 Å². The van der Waals surface area contributed by atoms with Gasteiger partial charge in [0.05, 0.1) is 0 Å². The fourth-order valence-electron chi connectivity index (χ4n) is 5.28. The third-order valence-corrected chi connectivity index (χ3v) is 6.11. The van der Waals surface area contributed by atoms with Gasteiger partial charge in [-0.25, -0.2) is 0 Å². The molecule has 0 amide bonds. The zero-order valence-electron chi connectivity index (χ0n) is 13.8. The van der Waals surface area contributed by atoms with Gasteiger partial charge in [-0.2, -0.15) is 0 Å². The van der Waals surface area contributed by atoms with E-state index in [4.69, 9.17) is 0 Å². The van der Waals surface area contributed by atoms with Gasteiger partial charge in [-0.1, -0.05) is 78.9 Å². The summed E-state index contributed by atoms with van der Waals surface area (Å²) in [5, 5.41) is 0. The molecule has 3 aromatic carbocycles. The third-order valence-electron chi connectivity index (χ3n) is 6.11. The van der Waals surface area contributed by atoms with Crippen LogP contribution in [-0.4, -0.2) is 6.28 Å². The molecule has 0 saturated heterocycles. The lowest BCUT2D eigenvalue weighted by atomic mass is 9.26. The van der Waals surface area contributed by atoms with Crippen LogP contribution in [0.25, 0.3) is 22.4 Å². The van der Waals surface area contributed by atoms with Crippen LogP contribution >= 0.6 is 0 Å². The second-order valence-corrected chi connectivity index (χ2v) is 7.08. The lowest BCUT2D eigenvalue weighted by molar-refractivity contribution is -0.523. The van der Waals surface area contributed by atoms with Crippen molar-refractivity contribution < 1.29 is 4.48 Å². The van der Waals surface area contributed by atoms with Gasteiger partial charge in [0.15, 0.2) is 5.69 Å². The van der Waals surface area contributed by atoms with E-state index in [1.54, 1.807) is 0 Å². The van der Waals surface area contributed by atoms with Crippen molar-refractivity contribution in [1.29, 1.82) is 0 Å². The standard InChI is InChI=1S/C23H16BN/c1-4-12-20-17(9-1)18-10-2-5-13-21(18)24(20)22-14-6-3-11-19(22)23-15-7-8-16-25(23)24/h1-16H. The molecule has 25 heavy (non-hydrogen) atoms. The molecule has 0 aliphatic carbocycles. The molecular weight excluding hydrogens is 301 g/mol. The van der Waals surface area contributed by atoms with E-state index in [0.29, 0.717) is 0 Å². The molecule has 0 unspecified atom stereocenters. The van der Waals surface area contributed by atoms with E-state index >= 15 is 0 Å². The van der Waals surface area contributed by atoms with Crippen LogP contribution in [-0.2, 0) is 0 Å². The zero-order chi connectivity index (χ0) is 16.4. The molecular formula is C23H16BN. The highest BCUT2D eigenvalue weighted by atomic mass is 14.9. The third kappa shape index (κ3) is 1.40. The van der Waals surface area contributed by atoms with E-state index in [-0.39, 0.29) is 0 Å². The van der Waals surface area contributed by atoms with Crippen molar-refractivity contribution in [3.8, 4) is 22.4 Å². The minimum atomic E-state index is -1.15. The number of nitrogens with zero attached hydrogens (tertiary/aromatic N) is 1. The van der Waals surface area contributed by atoms with E-state index in [1.807, 2.05) is 0 Å². The summed E-state index contributed by atoms with van der Waals surface area (Å²) in [5.41, 5.74) is 9.72. The molecule has 116 valence electrons. The molecule has 0 fully saturated rings. The Labute approximate surface area is 147 Å². The number of fused-ring (bicyclic) bond motifs is 10. The number of aromatic nitrogens is 1. The maximum atomic E-state index is 2.52. The normalized spacial score (nSPS) is 14.7. The lowest BCUT2D eigenvalue weighted by Gasteiger charge is -2.29. The molecule has 0 bridgehead atoms. The first-order valence-electron chi connectivity index (χ1n) is 8.88. The number of hydrogen-bond acceptors (Lipinski definition) is 0. The Morgan fingerprint density at radius 2 is 0.960 bits per heavy atom. The molecule has 0 atom stereocenters. The summed E-state index contributed by atoms with van der Waals surface area (Å²) in [7, 11) is 0. The Morgan fingerprint density at radius 1 is 0.480 bits per heavy atom. The second-order valence-electron chi connectivity index (χ2n) is 7.08. The molecule has 0 saturated carbocycles. The second kappa shape index (κ2) is 4.49. The quantitative estimate of drug-likeness (QED) is 0.379. The van der Waals surface area contributed by atoms with Crippen molar-refractivity contribution in [2.24, 2.45) is 0 Å². The topological polar surface area (TPSA) is 3.88 Å². The van der Waals surface area contributed by atoms with Crippen LogP contribution in [0.5, 0.6) is 0 Å². The molecule has 2 aliphatic rings. The van der Waals surface area contributed by atoms with Crippen molar-refractivity contribution in [2.45, 2.75) is 0 Å². The highest BCUT2D eigenvalue weighted by Gasteiger charge is 2.54. The average molecular weight is 317 g/mol. The molecule has 2 heteroatoms. The molecule has 4 aromatic rings. The molecule has 6 rings (SSSR count). The van der Waals surface area contributed by atoms with Crippen molar-refractivity contribution in [1.82, 2.24) is 0 Å². The Bertz CT molecular complexity index is 974. The molecule has 1 nitrogen and oxygen atoms in total. The van der Waals surface area contributed by atoms with Crippen molar-refractivity contribution >= 4 is 22.7 Å². The van der Waals surface area contributed by atoms with E-state index < -0.39 is 6.28 Å². The predicted octanol–water partition coefficient (Wildman–Crippen LogP) is 2.45. The van der Waals surface area contributed by atoms with Crippen LogP contribution in [0, 0.1) is 0 Å². The molecule has 2 aliphatic heterocycles. The van der Waals surface area contributed by atoms with E-state index in [2.05, 4.69) is 102 Å². The van der Waals surface area contributed by atoms with E-state index in [0.717, 1.165) is 0 Å².